The van der Waals surface area contributed by atoms with Crippen LogP contribution in [0.2, 0.25) is 0 Å². The summed E-state index contributed by atoms with van der Waals surface area (Å²) in [5.74, 6) is -0.759. The summed E-state index contributed by atoms with van der Waals surface area (Å²) in [5, 5.41) is 12.5. The number of aliphatic carboxylic acids is 1. The molecule has 0 aliphatic rings. The smallest absolute Gasteiger partial charge is 0.303 e. The molecule has 22 heavy (non-hydrogen) atoms. The zero-order chi connectivity index (χ0) is 15.9. The van der Waals surface area contributed by atoms with Crippen molar-refractivity contribution in [2.24, 2.45) is 0 Å². The molecule has 2 aromatic rings. The average molecular weight is 302 g/mol. The summed E-state index contributed by atoms with van der Waals surface area (Å²) in [4.78, 5) is 25.7. The maximum Gasteiger partial charge on any atom is 0.303 e. The van der Waals surface area contributed by atoms with Gasteiger partial charge < -0.3 is 15.4 Å². The minimum Gasteiger partial charge on any atom is -0.481 e. The maximum absolute atomic E-state index is 12.0. The molecular weight excluding hydrogens is 280 g/mol. The number of aromatic amines is 1. The van der Waals surface area contributed by atoms with E-state index in [-0.39, 0.29) is 12.3 Å². The number of fused-ring (bicyclic) bond motifs is 1. The van der Waals surface area contributed by atoms with Gasteiger partial charge in [-0.05, 0) is 31.4 Å². The Balaban J connectivity index is 1.79. The Labute approximate surface area is 129 Å². The second-order valence-electron chi connectivity index (χ2n) is 5.51. The zero-order valence-electron chi connectivity index (χ0n) is 12.8. The van der Waals surface area contributed by atoms with Crippen molar-refractivity contribution in [1.82, 2.24) is 10.3 Å². The third kappa shape index (κ3) is 4.35. The van der Waals surface area contributed by atoms with Crippen molar-refractivity contribution in [3.8, 4) is 0 Å². The molecule has 0 aliphatic carbocycles. The number of aromatic nitrogens is 1. The first kappa shape index (κ1) is 16.1. The second-order valence-corrected chi connectivity index (χ2v) is 5.51. The van der Waals surface area contributed by atoms with Gasteiger partial charge in [-0.3, -0.25) is 9.59 Å². The van der Waals surface area contributed by atoms with Crippen LogP contribution in [0.1, 0.15) is 36.9 Å². The average Bonchev–Trinajstić information content (AvgIpc) is 2.79. The monoisotopic (exact) mass is 302 g/mol. The van der Waals surface area contributed by atoms with E-state index >= 15 is 0 Å². The Morgan fingerprint density at radius 3 is 2.73 bits per heavy atom. The Hall–Kier alpha value is -2.30. The van der Waals surface area contributed by atoms with E-state index in [2.05, 4.69) is 10.3 Å². The number of hydrogen-bond acceptors (Lipinski definition) is 2. The molecule has 0 saturated carbocycles. The zero-order valence-corrected chi connectivity index (χ0v) is 12.8. The van der Waals surface area contributed by atoms with Gasteiger partial charge in [-0.1, -0.05) is 24.6 Å². The molecule has 0 aliphatic heterocycles. The first-order valence-electron chi connectivity index (χ1n) is 7.62. The minimum absolute atomic E-state index is 0.00564. The van der Waals surface area contributed by atoms with Gasteiger partial charge in [0, 0.05) is 29.6 Å². The van der Waals surface area contributed by atoms with Gasteiger partial charge >= 0.3 is 5.97 Å². The molecule has 2 rings (SSSR count). The Morgan fingerprint density at radius 2 is 1.95 bits per heavy atom. The van der Waals surface area contributed by atoms with Gasteiger partial charge in [0.2, 0.25) is 5.91 Å². The van der Waals surface area contributed by atoms with Gasteiger partial charge in [-0.2, -0.15) is 0 Å². The molecule has 0 radical (unpaired) electrons. The lowest BCUT2D eigenvalue weighted by atomic mass is 10.1. The van der Waals surface area contributed by atoms with E-state index in [0.29, 0.717) is 19.4 Å². The van der Waals surface area contributed by atoms with Gasteiger partial charge in [-0.15, -0.1) is 0 Å². The van der Waals surface area contributed by atoms with Crippen molar-refractivity contribution in [3.05, 3.63) is 35.5 Å². The second kappa shape index (κ2) is 7.64. The van der Waals surface area contributed by atoms with Crippen LogP contribution in [0.15, 0.2) is 24.3 Å². The van der Waals surface area contributed by atoms with Crippen LogP contribution >= 0.6 is 0 Å². The highest BCUT2D eigenvalue weighted by Crippen LogP contribution is 2.22. The molecule has 1 amide bonds. The first-order chi connectivity index (χ1) is 10.6. The Kier molecular flexibility index (Phi) is 5.58. The highest BCUT2D eigenvalue weighted by molar-refractivity contribution is 5.90. The fraction of sp³-hybridized carbons (Fsp3) is 0.412. The largest absolute Gasteiger partial charge is 0.481 e. The van der Waals surface area contributed by atoms with E-state index in [0.717, 1.165) is 35.0 Å². The first-order valence-corrected chi connectivity index (χ1v) is 7.62. The van der Waals surface area contributed by atoms with E-state index in [1.165, 1.54) is 0 Å². The van der Waals surface area contributed by atoms with E-state index in [9.17, 15) is 9.59 Å². The van der Waals surface area contributed by atoms with Crippen molar-refractivity contribution >= 4 is 22.8 Å². The van der Waals surface area contributed by atoms with Crippen LogP contribution in [0.4, 0.5) is 0 Å². The number of nitrogens with one attached hydrogen (secondary N) is 2. The van der Waals surface area contributed by atoms with Crippen LogP contribution in [0.5, 0.6) is 0 Å². The lowest BCUT2D eigenvalue weighted by Gasteiger charge is -2.05. The summed E-state index contributed by atoms with van der Waals surface area (Å²) < 4.78 is 0. The van der Waals surface area contributed by atoms with Crippen LogP contribution in [0.3, 0.4) is 0 Å². The highest BCUT2D eigenvalue weighted by Gasteiger charge is 2.11. The highest BCUT2D eigenvalue weighted by atomic mass is 16.4. The number of carboxylic acid groups (broad SMARTS) is 1. The summed E-state index contributed by atoms with van der Waals surface area (Å²) >= 11 is 0. The van der Waals surface area contributed by atoms with Gasteiger partial charge in [0.1, 0.15) is 0 Å². The molecule has 1 heterocycles. The predicted octanol–water partition coefficient (Wildman–Crippen LogP) is 2.78. The summed E-state index contributed by atoms with van der Waals surface area (Å²) in [5.41, 5.74) is 3.12. The summed E-state index contributed by atoms with van der Waals surface area (Å²) in [7, 11) is 0. The molecule has 0 saturated heterocycles. The molecule has 5 nitrogen and oxygen atoms in total. The van der Waals surface area contributed by atoms with Crippen LogP contribution in [0.25, 0.3) is 10.9 Å². The molecule has 0 spiro atoms. The van der Waals surface area contributed by atoms with Crippen molar-refractivity contribution in [2.75, 3.05) is 6.54 Å². The fourth-order valence-electron chi connectivity index (χ4n) is 2.59. The molecule has 0 bridgehead atoms. The van der Waals surface area contributed by atoms with Crippen LogP contribution < -0.4 is 5.32 Å². The molecule has 118 valence electrons. The molecule has 0 unspecified atom stereocenters. The standard InChI is InChI=1S/C17H22N2O3/c1-12-14(13-7-4-5-8-15(13)19-12)11-16(20)18-10-6-2-3-9-17(21)22/h4-5,7-8,19H,2-3,6,9-11H2,1H3,(H,18,20)(H,21,22). The van der Waals surface area contributed by atoms with Crippen molar-refractivity contribution in [3.63, 3.8) is 0 Å². The van der Waals surface area contributed by atoms with Crippen LogP contribution in [0, 0.1) is 6.92 Å². The molecule has 1 aromatic heterocycles. The van der Waals surface area contributed by atoms with Gasteiger partial charge in [0.25, 0.3) is 0 Å². The lowest BCUT2D eigenvalue weighted by Crippen LogP contribution is -2.26. The molecular formula is C17H22N2O3. The predicted molar refractivity (Wildman–Crippen MR) is 85.9 cm³/mol. The number of benzene rings is 1. The number of amides is 1. The summed E-state index contributed by atoms with van der Waals surface area (Å²) in [6.07, 6.45) is 2.85. The number of aryl methyl sites for hydroxylation is 1. The number of carbonyl (C=O) groups is 2. The number of H-pyrrole nitrogens is 1. The van der Waals surface area contributed by atoms with E-state index in [1.807, 2.05) is 31.2 Å². The van der Waals surface area contributed by atoms with Crippen molar-refractivity contribution < 1.29 is 14.7 Å². The Bertz CT molecular complexity index is 661. The number of carboxylic acids is 1. The summed E-state index contributed by atoms with van der Waals surface area (Å²) in [6, 6.07) is 7.97. The SMILES string of the molecule is Cc1[nH]c2ccccc2c1CC(=O)NCCCCCC(=O)O. The van der Waals surface area contributed by atoms with Crippen molar-refractivity contribution in [1.29, 1.82) is 0 Å². The number of hydrogen-bond donors (Lipinski definition) is 3. The summed E-state index contributed by atoms with van der Waals surface area (Å²) in [6.45, 7) is 2.58. The number of para-hydroxylation sites is 1. The molecule has 0 atom stereocenters. The van der Waals surface area contributed by atoms with Crippen LogP contribution in [-0.2, 0) is 16.0 Å². The normalized spacial score (nSPS) is 10.8. The molecule has 1 aromatic carbocycles. The lowest BCUT2D eigenvalue weighted by molar-refractivity contribution is -0.137. The number of rotatable bonds is 8. The van der Waals surface area contributed by atoms with E-state index in [4.69, 9.17) is 5.11 Å². The third-order valence-electron chi connectivity index (χ3n) is 3.75. The van der Waals surface area contributed by atoms with E-state index in [1.54, 1.807) is 0 Å². The van der Waals surface area contributed by atoms with Gasteiger partial charge in [0.05, 0.1) is 6.42 Å². The minimum atomic E-state index is -0.765. The number of unbranched alkanes of at least 4 members (excludes halogenated alkanes) is 2. The van der Waals surface area contributed by atoms with Gasteiger partial charge in [-0.25, -0.2) is 0 Å². The van der Waals surface area contributed by atoms with Crippen LogP contribution in [-0.4, -0.2) is 28.5 Å². The number of carbonyl (C=O) groups excluding carboxylic acids is 1. The van der Waals surface area contributed by atoms with E-state index < -0.39 is 5.97 Å². The molecule has 0 fully saturated rings. The fourth-order valence-corrected chi connectivity index (χ4v) is 2.59. The third-order valence-corrected chi connectivity index (χ3v) is 3.75. The Morgan fingerprint density at radius 1 is 1.18 bits per heavy atom. The quantitative estimate of drug-likeness (QED) is 0.656. The van der Waals surface area contributed by atoms with Crippen molar-refractivity contribution in [2.45, 2.75) is 39.0 Å². The van der Waals surface area contributed by atoms with Gasteiger partial charge in [0.15, 0.2) is 0 Å². The topological polar surface area (TPSA) is 82.2 Å². The molecule has 5 heteroatoms. The molecule has 3 N–H and O–H groups in total. The maximum atomic E-state index is 12.0.